The van der Waals surface area contributed by atoms with Crippen molar-refractivity contribution in [3.05, 3.63) is 74.5 Å². The van der Waals surface area contributed by atoms with Crippen molar-refractivity contribution in [3.8, 4) is 0 Å². The Kier molecular flexibility index (Phi) is 5.16. The van der Waals surface area contributed by atoms with Gasteiger partial charge in [0.15, 0.2) is 0 Å². The lowest BCUT2D eigenvalue weighted by molar-refractivity contribution is 0.416. The third kappa shape index (κ3) is 3.86. The van der Waals surface area contributed by atoms with Crippen LogP contribution in [0.2, 0.25) is 0 Å². The SMILES string of the molecule is O=c1c2cc(Br)ccc2nc(C2CCCCC2)n1N=Cc1cccc(F)c1. The van der Waals surface area contributed by atoms with Crippen LogP contribution in [0.4, 0.5) is 4.39 Å². The molecule has 2 aromatic carbocycles. The summed E-state index contributed by atoms with van der Waals surface area (Å²) in [5.41, 5.74) is 1.08. The maximum atomic E-state index is 13.4. The van der Waals surface area contributed by atoms with Crippen molar-refractivity contribution >= 4 is 33.0 Å². The van der Waals surface area contributed by atoms with Gasteiger partial charge in [-0.3, -0.25) is 4.79 Å². The first kappa shape index (κ1) is 18.0. The molecule has 138 valence electrons. The third-order valence-electron chi connectivity index (χ3n) is 4.97. The molecule has 6 heteroatoms. The van der Waals surface area contributed by atoms with E-state index in [1.807, 2.05) is 12.1 Å². The highest BCUT2D eigenvalue weighted by molar-refractivity contribution is 9.10. The highest BCUT2D eigenvalue weighted by atomic mass is 79.9. The van der Waals surface area contributed by atoms with Gasteiger partial charge in [-0.2, -0.15) is 9.78 Å². The topological polar surface area (TPSA) is 47.2 Å². The van der Waals surface area contributed by atoms with Crippen molar-refractivity contribution in [1.29, 1.82) is 0 Å². The second-order valence-corrected chi connectivity index (χ2v) is 7.80. The second kappa shape index (κ2) is 7.72. The molecule has 0 saturated heterocycles. The molecule has 1 heterocycles. The lowest BCUT2D eigenvalue weighted by Crippen LogP contribution is -2.25. The van der Waals surface area contributed by atoms with Crippen LogP contribution >= 0.6 is 15.9 Å². The van der Waals surface area contributed by atoms with E-state index in [-0.39, 0.29) is 17.3 Å². The average molecular weight is 428 g/mol. The molecule has 0 aliphatic heterocycles. The van der Waals surface area contributed by atoms with Crippen LogP contribution in [0.5, 0.6) is 0 Å². The fraction of sp³-hybridized carbons (Fsp3) is 0.286. The minimum absolute atomic E-state index is 0.200. The normalized spacial score (nSPS) is 15.6. The zero-order valence-corrected chi connectivity index (χ0v) is 16.3. The molecule has 1 fully saturated rings. The van der Waals surface area contributed by atoms with Gasteiger partial charge >= 0.3 is 0 Å². The standard InChI is InChI=1S/C21H19BrFN3O/c22-16-9-10-19-18(12-16)21(27)26(20(25-19)15-6-2-1-3-7-15)24-13-14-5-4-8-17(23)11-14/h4-5,8-13,15H,1-3,6-7H2. The monoisotopic (exact) mass is 427 g/mol. The van der Waals surface area contributed by atoms with Crippen LogP contribution in [0, 0.1) is 5.82 Å². The highest BCUT2D eigenvalue weighted by Gasteiger charge is 2.22. The van der Waals surface area contributed by atoms with Crippen molar-refractivity contribution in [2.75, 3.05) is 0 Å². The van der Waals surface area contributed by atoms with Crippen LogP contribution in [0.1, 0.15) is 49.4 Å². The zero-order chi connectivity index (χ0) is 18.8. The maximum Gasteiger partial charge on any atom is 0.282 e. The number of fused-ring (bicyclic) bond motifs is 1. The van der Waals surface area contributed by atoms with Gasteiger partial charge in [-0.25, -0.2) is 9.37 Å². The fourth-order valence-corrected chi connectivity index (χ4v) is 3.97. The molecular formula is C21H19BrFN3O. The van der Waals surface area contributed by atoms with Crippen molar-refractivity contribution in [2.45, 2.75) is 38.0 Å². The molecule has 0 atom stereocenters. The summed E-state index contributed by atoms with van der Waals surface area (Å²) in [5, 5.41) is 4.92. The molecule has 0 radical (unpaired) electrons. The van der Waals surface area contributed by atoms with E-state index in [0.717, 1.165) is 30.2 Å². The van der Waals surface area contributed by atoms with Gasteiger partial charge in [-0.05, 0) is 48.7 Å². The summed E-state index contributed by atoms with van der Waals surface area (Å²) in [6, 6.07) is 11.7. The van der Waals surface area contributed by atoms with E-state index in [9.17, 15) is 9.18 Å². The first-order chi connectivity index (χ1) is 13.1. The minimum atomic E-state index is -0.334. The number of halogens is 2. The fourth-order valence-electron chi connectivity index (χ4n) is 3.61. The molecule has 1 aromatic heterocycles. The minimum Gasteiger partial charge on any atom is -0.267 e. The molecule has 0 bridgehead atoms. The molecule has 0 amide bonds. The first-order valence-electron chi connectivity index (χ1n) is 9.14. The van der Waals surface area contributed by atoms with Crippen LogP contribution < -0.4 is 5.56 Å². The predicted molar refractivity (Wildman–Crippen MR) is 109 cm³/mol. The molecule has 0 unspecified atom stereocenters. The van der Waals surface area contributed by atoms with Gasteiger partial charge in [0.1, 0.15) is 11.6 Å². The van der Waals surface area contributed by atoms with E-state index < -0.39 is 0 Å². The quantitative estimate of drug-likeness (QED) is 0.537. The van der Waals surface area contributed by atoms with Crippen molar-refractivity contribution in [2.24, 2.45) is 5.10 Å². The van der Waals surface area contributed by atoms with Gasteiger partial charge in [-0.15, -0.1) is 0 Å². The van der Waals surface area contributed by atoms with Crippen molar-refractivity contribution < 1.29 is 4.39 Å². The van der Waals surface area contributed by atoms with Gasteiger partial charge in [0.25, 0.3) is 5.56 Å². The van der Waals surface area contributed by atoms with E-state index in [0.29, 0.717) is 22.3 Å². The lowest BCUT2D eigenvalue weighted by Gasteiger charge is -2.22. The molecule has 3 aromatic rings. The predicted octanol–water partition coefficient (Wildman–Crippen LogP) is 5.23. The number of nitrogens with zero attached hydrogens (tertiary/aromatic N) is 3. The molecule has 1 aliphatic carbocycles. The van der Waals surface area contributed by atoms with E-state index in [4.69, 9.17) is 4.98 Å². The molecule has 0 spiro atoms. The van der Waals surface area contributed by atoms with E-state index in [2.05, 4.69) is 21.0 Å². The van der Waals surface area contributed by atoms with E-state index in [1.165, 1.54) is 29.4 Å². The molecule has 4 rings (SSSR count). The van der Waals surface area contributed by atoms with Crippen molar-refractivity contribution in [3.63, 3.8) is 0 Å². The summed E-state index contributed by atoms with van der Waals surface area (Å²) in [5.74, 6) is 0.575. The Morgan fingerprint density at radius 2 is 1.96 bits per heavy atom. The van der Waals surface area contributed by atoms with Crippen LogP contribution in [0.25, 0.3) is 10.9 Å². The van der Waals surface area contributed by atoms with Gasteiger partial charge in [0.05, 0.1) is 17.1 Å². The summed E-state index contributed by atoms with van der Waals surface area (Å²) in [6.07, 6.45) is 7.00. The van der Waals surface area contributed by atoms with Crippen LogP contribution in [0.15, 0.2) is 56.8 Å². The smallest absolute Gasteiger partial charge is 0.267 e. The van der Waals surface area contributed by atoms with Gasteiger partial charge < -0.3 is 0 Å². The number of aromatic nitrogens is 2. The summed E-state index contributed by atoms with van der Waals surface area (Å²) in [6.45, 7) is 0. The van der Waals surface area contributed by atoms with Crippen LogP contribution in [-0.2, 0) is 0 Å². The molecule has 4 nitrogen and oxygen atoms in total. The van der Waals surface area contributed by atoms with Gasteiger partial charge in [-0.1, -0.05) is 47.3 Å². The largest absolute Gasteiger partial charge is 0.282 e. The molecule has 1 aliphatic rings. The van der Waals surface area contributed by atoms with Gasteiger partial charge in [0.2, 0.25) is 0 Å². The summed E-state index contributed by atoms with van der Waals surface area (Å²) < 4.78 is 15.7. The Hall–Kier alpha value is -2.34. The Morgan fingerprint density at radius 1 is 1.15 bits per heavy atom. The molecule has 0 N–H and O–H groups in total. The summed E-state index contributed by atoms with van der Waals surface area (Å²) in [4.78, 5) is 17.9. The number of hydrogen-bond donors (Lipinski definition) is 0. The second-order valence-electron chi connectivity index (χ2n) is 6.88. The lowest BCUT2D eigenvalue weighted by atomic mass is 9.88. The Balaban J connectivity index is 1.87. The zero-order valence-electron chi connectivity index (χ0n) is 14.7. The average Bonchev–Trinajstić information content (AvgIpc) is 2.68. The van der Waals surface area contributed by atoms with Crippen LogP contribution in [0.3, 0.4) is 0 Å². The molecule has 1 saturated carbocycles. The maximum absolute atomic E-state index is 13.4. The molecular weight excluding hydrogens is 409 g/mol. The van der Waals surface area contributed by atoms with Gasteiger partial charge in [0, 0.05) is 10.4 Å². The number of rotatable bonds is 3. The third-order valence-corrected chi connectivity index (χ3v) is 5.47. The Labute approximate surface area is 164 Å². The first-order valence-corrected chi connectivity index (χ1v) is 9.93. The number of hydrogen-bond acceptors (Lipinski definition) is 3. The summed E-state index contributed by atoms with van der Waals surface area (Å²) in [7, 11) is 0. The summed E-state index contributed by atoms with van der Waals surface area (Å²) >= 11 is 3.41. The van der Waals surface area contributed by atoms with E-state index in [1.54, 1.807) is 18.2 Å². The Bertz CT molecular complexity index is 1070. The highest BCUT2D eigenvalue weighted by Crippen LogP contribution is 2.32. The van der Waals surface area contributed by atoms with Crippen LogP contribution in [-0.4, -0.2) is 15.9 Å². The van der Waals surface area contributed by atoms with E-state index >= 15 is 0 Å². The number of benzene rings is 2. The Morgan fingerprint density at radius 3 is 2.74 bits per heavy atom. The molecule has 27 heavy (non-hydrogen) atoms. The van der Waals surface area contributed by atoms with Crippen molar-refractivity contribution in [1.82, 2.24) is 9.66 Å².